The predicted molar refractivity (Wildman–Crippen MR) is 91.1 cm³/mol. The largest absolute Gasteiger partial charge is 0.416 e. The zero-order chi connectivity index (χ0) is 19.4. The second-order valence-electron chi connectivity index (χ2n) is 5.97. The van der Waals surface area contributed by atoms with Crippen LogP contribution in [0.25, 0.3) is 5.65 Å². The van der Waals surface area contributed by atoms with Gasteiger partial charge >= 0.3 is 6.18 Å². The number of rotatable bonds is 7. The zero-order valence-electron chi connectivity index (χ0n) is 14.2. The number of aliphatic hydroxyl groups is 2. The molecule has 0 saturated heterocycles. The first-order chi connectivity index (χ1) is 12.9. The van der Waals surface area contributed by atoms with Crippen LogP contribution in [0.5, 0.6) is 0 Å². The molecule has 27 heavy (non-hydrogen) atoms. The van der Waals surface area contributed by atoms with Crippen LogP contribution in [0.1, 0.15) is 29.3 Å². The molecule has 0 aliphatic rings. The summed E-state index contributed by atoms with van der Waals surface area (Å²) in [6.07, 6.45) is -4.00. The lowest BCUT2D eigenvalue weighted by atomic mass is 9.95. The van der Waals surface area contributed by atoms with Gasteiger partial charge in [-0.15, -0.1) is 15.3 Å². The highest BCUT2D eigenvalue weighted by molar-refractivity contribution is 5.44. The van der Waals surface area contributed by atoms with Crippen LogP contribution in [0, 0.1) is 0 Å². The van der Waals surface area contributed by atoms with E-state index in [1.807, 2.05) is 0 Å². The van der Waals surface area contributed by atoms with Crippen LogP contribution in [0.4, 0.5) is 19.0 Å². The minimum Gasteiger partial charge on any atom is -0.396 e. The Hall–Kier alpha value is -2.72. The smallest absolute Gasteiger partial charge is 0.396 e. The van der Waals surface area contributed by atoms with Crippen molar-refractivity contribution in [2.75, 3.05) is 18.5 Å². The zero-order valence-corrected chi connectivity index (χ0v) is 14.2. The molecule has 0 spiro atoms. The number of nitrogens with zero attached hydrogens (tertiary/aromatic N) is 4. The van der Waals surface area contributed by atoms with Gasteiger partial charge < -0.3 is 15.5 Å². The molecule has 0 amide bonds. The maximum Gasteiger partial charge on any atom is 0.416 e. The molecule has 0 fully saturated rings. The van der Waals surface area contributed by atoms with Crippen molar-refractivity contribution in [1.82, 2.24) is 19.8 Å². The molecular formula is C17H18F3N5O2. The van der Waals surface area contributed by atoms with Crippen LogP contribution in [0.15, 0.2) is 36.4 Å². The van der Waals surface area contributed by atoms with Crippen molar-refractivity contribution in [2.45, 2.75) is 25.1 Å². The summed E-state index contributed by atoms with van der Waals surface area (Å²) in [6.45, 7) is -0.0444. The minimum atomic E-state index is -4.38. The van der Waals surface area contributed by atoms with E-state index in [0.29, 0.717) is 35.8 Å². The summed E-state index contributed by atoms with van der Waals surface area (Å²) >= 11 is 0. The monoisotopic (exact) mass is 381 g/mol. The van der Waals surface area contributed by atoms with Gasteiger partial charge in [-0.3, -0.25) is 0 Å². The summed E-state index contributed by atoms with van der Waals surface area (Å²) in [5, 5.41) is 33.6. The third kappa shape index (κ3) is 4.34. The average Bonchev–Trinajstić information content (AvgIpc) is 3.07. The van der Waals surface area contributed by atoms with Crippen molar-refractivity contribution in [1.29, 1.82) is 0 Å². The quantitative estimate of drug-likeness (QED) is 0.581. The fourth-order valence-electron chi connectivity index (χ4n) is 2.74. The van der Waals surface area contributed by atoms with E-state index >= 15 is 0 Å². The Morgan fingerprint density at radius 3 is 2.41 bits per heavy atom. The molecule has 2 aromatic heterocycles. The van der Waals surface area contributed by atoms with Gasteiger partial charge in [-0.2, -0.15) is 17.7 Å². The van der Waals surface area contributed by atoms with E-state index in [1.54, 1.807) is 12.1 Å². The summed E-state index contributed by atoms with van der Waals surface area (Å²) in [5.41, 5.74) is 0.462. The van der Waals surface area contributed by atoms with Gasteiger partial charge in [0.2, 0.25) is 0 Å². The number of halogens is 3. The number of aromatic nitrogens is 4. The van der Waals surface area contributed by atoms with E-state index < -0.39 is 11.7 Å². The van der Waals surface area contributed by atoms with Crippen LogP contribution in [0.3, 0.4) is 0 Å². The van der Waals surface area contributed by atoms with Crippen LogP contribution < -0.4 is 5.32 Å². The van der Waals surface area contributed by atoms with E-state index in [-0.39, 0.29) is 19.1 Å². The summed E-state index contributed by atoms with van der Waals surface area (Å²) in [4.78, 5) is 0. The highest BCUT2D eigenvalue weighted by Crippen LogP contribution is 2.30. The van der Waals surface area contributed by atoms with Crippen molar-refractivity contribution >= 4 is 11.5 Å². The topological polar surface area (TPSA) is 95.6 Å². The maximum absolute atomic E-state index is 12.7. The summed E-state index contributed by atoms with van der Waals surface area (Å²) in [7, 11) is 0. The summed E-state index contributed by atoms with van der Waals surface area (Å²) in [6, 6.07) is 8.29. The number of fused-ring (bicyclic) bond motifs is 1. The SMILES string of the molecule is OCCC(CNc1ccc2nnc(CO)n2n1)c1ccc(C(F)(F)F)cc1. The molecule has 10 heteroatoms. The lowest BCUT2D eigenvalue weighted by Crippen LogP contribution is -2.16. The van der Waals surface area contributed by atoms with Gasteiger partial charge in [0.1, 0.15) is 12.4 Å². The fraction of sp³-hybridized carbons (Fsp3) is 0.353. The molecule has 144 valence electrons. The third-order valence-electron chi connectivity index (χ3n) is 4.19. The van der Waals surface area contributed by atoms with Gasteiger partial charge in [0.25, 0.3) is 0 Å². The molecule has 0 radical (unpaired) electrons. The highest BCUT2D eigenvalue weighted by atomic mass is 19.4. The van der Waals surface area contributed by atoms with Crippen LogP contribution in [-0.4, -0.2) is 43.2 Å². The number of aliphatic hydroxyl groups excluding tert-OH is 2. The highest BCUT2D eigenvalue weighted by Gasteiger charge is 2.30. The Kier molecular flexibility index (Phi) is 5.57. The number of anilines is 1. The fourth-order valence-corrected chi connectivity index (χ4v) is 2.74. The average molecular weight is 381 g/mol. The minimum absolute atomic E-state index is 0.0973. The van der Waals surface area contributed by atoms with Gasteiger partial charge in [0.15, 0.2) is 11.5 Å². The normalized spacial score (nSPS) is 13.1. The summed E-state index contributed by atoms with van der Waals surface area (Å²) in [5.74, 6) is 0.586. The Labute approximate surface area is 152 Å². The lowest BCUT2D eigenvalue weighted by Gasteiger charge is -2.18. The molecule has 0 aliphatic heterocycles. The second kappa shape index (κ2) is 7.89. The number of benzene rings is 1. The molecule has 3 aromatic rings. The van der Waals surface area contributed by atoms with E-state index in [2.05, 4.69) is 20.6 Å². The Morgan fingerprint density at radius 1 is 1.04 bits per heavy atom. The second-order valence-corrected chi connectivity index (χ2v) is 5.97. The standard InChI is InChI=1S/C17H18F3N5O2/c18-17(19,20)13-3-1-11(2-4-13)12(7-8-26)9-21-14-5-6-15-22-23-16(10-27)25(15)24-14/h1-6,12,26-27H,7-10H2,(H,21,24). The van der Waals surface area contributed by atoms with E-state index in [1.165, 1.54) is 16.6 Å². The number of hydrogen-bond donors (Lipinski definition) is 3. The van der Waals surface area contributed by atoms with Crippen LogP contribution in [0.2, 0.25) is 0 Å². The molecule has 1 aromatic carbocycles. The van der Waals surface area contributed by atoms with E-state index in [4.69, 9.17) is 0 Å². The number of hydrogen-bond acceptors (Lipinski definition) is 6. The molecule has 0 saturated carbocycles. The Balaban J connectivity index is 1.75. The third-order valence-corrected chi connectivity index (χ3v) is 4.19. The predicted octanol–water partition coefficient (Wildman–Crippen LogP) is 2.21. The summed E-state index contributed by atoms with van der Waals surface area (Å²) < 4.78 is 39.5. The van der Waals surface area contributed by atoms with Gasteiger partial charge in [-0.1, -0.05) is 12.1 Å². The van der Waals surface area contributed by atoms with Gasteiger partial charge in [0, 0.05) is 19.1 Å². The molecule has 3 rings (SSSR count). The van der Waals surface area contributed by atoms with Gasteiger partial charge in [-0.25, -0.2) is 0 Å². The molecule has 0 aliphatic carbocycles. The first kappa shape index (κ1) is 19.1. The van der Waals surface area contributed by atoms with Crippen molar-refractivity contribution in [2.24, 2.45) is 0 Å². The van der Waals surface area contributed by atoms with Gasteiger partial charge in [0.05, 0.1) is 5.56 Å². The molecule has 7 nitrogen and oxygen atoms in total. The maximum atomic E-state index is 12.7. The lowest BCUT2D eigenvalue weighted by molar-refractivity contribution is -0.137. The first-order valence-electron chi connectivity index (χ1n) is 8.26. The molecule has 3 N–H and O–H groups in total. The van der Waals surface area contributed by atoms with Gasteiger partial charge in [-0.05, 0) is 36.2 Å². The van der Waals surface area contributed by atoms with Crippen molar-refractivity contribution in [3.8, 4) is 0 Å². The van der Waals surface area contributed by atoms with Crippen LogP contribution >= 0.6 is 0 Å². The van der Waals surface area contributed by atoms with Crippen molar-refractivity contribution < 1.29 is 23.4 Å². The first-order valence-corrected chi connectivity index (χ1v) is 8.26. The molecule has 1 atom stereocenters. The molecular weight excluding hydrogens is 363 g/mol. The van der Waals surface area contributed by atoms with E-state index in [0.717, 1.165) is 12.1 Å². The van der Waals surface area contributed by atoms with Crippen LogP contribution in [-0.2, 0) is 12.8 Å². The molecule has 1 unspecified atom stereocenters. The molecule has 2 heterocycles. The number of nitrogens with one attached hydrogen (secondary N) is 1. The Bertz CT molecular complexity index is 896. The van der Waals surface area contributed by atoms with E-state index in [9.17, 15) is 23.4 Å². The molecule has 0 bridgehead atoms. The van der Waals surface area contributed by atoms with Crippen molar-refractivity contribution in [3.63, 3.8) is 0 Å². The van der Waals surface area contributed by atoms with Crippen molar-refractivity contribution in [3.05, 3.63) is 53.3 Å². The Morgan fingerprint density at radius 2 is 1.78 bits per heavy atom. The number of alkyl halides is 3.